The molecule has 110 valence electrons. The van der Waals surface area contributed by atoms with Gasteiger partial charge in [0.05, 0.1) is 11.5 Å². The van der Waals surface area contributed by atoms with Crippen molar-refractivity contribution in [2.75, 3.05) is 16.8 Å². The third kappa shape index (κ3) is 4.31. The van der Waals surface area contributed by atoms with E-state index in [1.165, 1.54) is 0 Å². The highest BCUT2D eigenvalue weighted by Gasteiger charge is 2.27. The Labute approximate surface area is 128 Å². The number of sulfone groups is 1. The second-order valence-corrected chi connectivity index (χ2v) is 8.46. The molecule has 1 saturated heterocycles. The summed E-state index contributed by atoms with van der Waals surface area (Å²) in [7, 11) is -2.85. The lowest BCUT2D eigenvalue weighted by molar-refractivity contribution is -0.116. The van der Waals surface area contributed by atoms with Gasteiger partial charge in [0, 0.05) is 16.6 Å². The molecule has 1 aromatic carbocycles. The van der Waals surface area contributed by atoms with Gasteiger partial charge in [0.25, 0.3) is 0 Å². The molecular formula is C14H18BrNO3S. The fourth-order valence-electron chi connectivity index (χ4n) is 2.41. The Morgan fingerprint density at radius 2 is 2.20 bits per heavy atom. The van der Waals surface area contributed by atoms with Crippen LogP contribution in [0.3, 0.4) is 0 Å². The summed E-state index contributed by atoms with van der Waals surface area (Å²) in [6.07, 6.45) is 1.70. The summed E-state index contributed by atoms with van der Waals surface area (Å²) >= 11 is 3.38. The molecule has 1 unspecified atom stereocenters. The zero-order valence-electron chi connectivity index (χ0n) is 11.4. The van der Waals surface area contributed by atoms with Crippen molar-refractivity contribution in [2.24, 2.45) is 5.92 Å². The maximum atomic E-state index is 11.9. The molecule has 2 rings (SSSR count). The molecule has 1 aliphatic heterocycles. The number of halogens is 1. The summed E-state index contributed by atoms with van der Waals surface area (Å²) in [6, 6.07) is 5.68. The Hall–Kier alpha value is -0.880. The number of nitrogens with one attached hydrogen (secondary N) is 1. The van der Waals surface area contributed by atoms with Crippen LogP contribution in [0.25, 0.3) is 0 Å². The molecule has 1 heterocycles. The largest absolute Gasteiger partial charge is 0.326 e. The van der Waals surface area contributed by atoms with Crippen LogP contribution in [0, 0.1) is 12.8 Å². The number of rotatable bonds is 4. The number of benzene rings is 1. The van der Waals surface area contributed by atoms with Gasteiger partial charge in [0.1, 0.15) is 0 Å². The summed E-state index contributed by atoms with van der Waals surface area (Å²) < 4.78 is 23.7. The number of anilines is 1. The molecule has 0 spiro atoms. The van der Waals surface area contributed by atoms with E-state index in [4.69, 9.17) is 0 Å². The molecule has 0 radical (unpaired) electrons. The van der Waals surface area contributed by atoms with Crippen LogP contribution in [0.4, 0.5) is 5.69 Å². The van der Waals surface area contributed by atoms with E-state index < -0.39 is 9.84 Å². The first-order valence-corrected chi connectivity index (χ1v) is 9.23. The molecule has 0 bridgehead atoms. The van der Waals surface area contributed by atoms with E-state index in [1.54, 1.807) is 0 Å². The lowest BCUT2D eigenvalue weighted by Gasteiger charge is -2.10. The number of hydrogen-bond acceptors (Lipinski definition) is 3. The molecule has 4 nitrogen and oxygen atoms in total. The number of carbonyl (C=O) groups is 1. The fourth-order valence-corrected chi connectivity index (χ4v) is 4.80. The van der Waals surface area contributed by atoms with Crippen molar-refractivity contribution in [2.45, 2.75) is 26.2 Å². The van der Waals surface area contributed by atoms with E-state index >= 15 is 0 Å². The second kappa shape index (κ2) is 6.26. The van der Waals surface area contributed by atoms with Crippen molar-refractivity contribution in [1.29, 1.82) is 0 Å². The highest BCUT2D eigenvalue weighted by Crippen LogP contribution is 2.24. The molecule has 0 aliphatic carbocycles. The first-order chi connectivity index (χ1) is 9.35. The average Bonchev–Trinajstić information content (AvgIpc) is 2.70. The van der Waals surface area contributed by atoms with Crippen LogP contribution in [-0.2, 0) is 14.6 Å². The standard InChI is InChI=1S/C14H18BrNO3S/c1-10-8-12(15)3-4-13(10)16-14(17)5-2-11-6-7-20(18,19)9-11/h3-4,8,11H,2,5-7,9H2,1H3,(H,16,17). The average molecular weight is 360 g/mol. The van der Waals surface area contributed by atoms with Gasteiger partial charge in [-0.2, -0.15) is 0 Å². The summed E-state index contributed by atoms with van der Waals surface area (Å²) in [5.41, 5.74) is 1.80. The maximum absolute atomic E-state index is 11.9. The maximum Gasteiger partial charge on any atom is 0.224 e. The van der Waals surface area contributed by atoms with Crippen molar-refractivity contribution in [3.8, 4) is 0 Å². The zero-order valence-corrected chi connectivity index (χ0v) is 13.8. The molecule has 20 heavy (non-hydrogen) atoms. The predicted octanol–water partition coefficient (Wildman–Crippen LogP) is 2.91. The van der Waals surface area contributed by atoms with Gasteiger partial charge in [-0.3, -0.25) is 4.79 Å². The normalized spacial score (nSPS) is 20.8. The van der Waals surface area contributed by atoms with Crippen LogP contribution in [0.2, 0.25) is 0 Å². The van der Waals surface area contributed by atoms with E-state index in [0.717, 1.165) is 15.7 Å². The SMILES string of the molecule is Cc1cc(Br)ccc1NC(=O)CCC1CCS(=O)(=O)C1. The third-order valence-electron chi connectivity index (χ3n) is 3.57. The zero-order chi connectivity index (χ0) is 14.8. The first-order valence-electron chi connectivity index (χ1n) is 6.62. The van der Waals surface area contributed by atoms with Gasteiger partial charge < -0.3 is 5.32 Å². The van der Waals surface area contributed by atoms with Crippen LogP contribution < -0.4 is 5.32 Å². The van der Waals surface area contributed by atoms with Crippen LogP contribution in [-0.4, -0.2) is 25.8 Å². The van der Waals surface area contributed by atoms with Gasteiger partial charge in [0.2, 0.25) is 5.91 Å². The predicted molar refractivity (Wildman–Crippen MR) is 83.5 cm³/mol. The van der Waals surface area contributed by atoms with E-state index in [1.807, 2.05) is 25.1 Å². The lowest BCUT2D eigenvalue weighted by atomic mass is 10.0. The van der Waals surface area contributed by atoms with Crippen molar-refractivity contribution >= 4 is 37.4 Å². The van der Waals surface area contributed by atoms with Crippen molar-refractivity contribution in [3.63, 3.8) is 0 Å². The number of aryl methyl sites for hydroxylation is 1. The Morgan fingerprint density at radius 3 is 2.80 bits per heavy atom. The monoisotopic (exact) mass is 359 g/mol. The number of amides is 1. The topological polar surface area (TPSA) is 63.2 Å². The fraction of sp³-hybridized carbons (Fsp3) is 0.500. The summed E-state index contributed by atoms with van der Waals surface area (Å²) in [6.45, 7) is 1.93. The third-order valence-corrected chi connectivity index (χ3v) is 5.90. The molecule has 1 amide bonds. The van der Waals surface area contributed by atoms with Crippen molar-refractivity contribution in [3.05, 3.63) is 28.2 Å². The molecule has 1 N–H and O–H groups in total. The quantitative estimate of drug-likeness (QED) is 0.898. The Bertz CT molecular complexity index is 613. The number of carbonyl (C=O) groups excluding carboxylic acids is 1. The Balaban J connectivity index is 1.84. The van der Waals surface area contributed by atoms with Crippen molar-refractivity contribution < 1.29 is 13.2 Å². The molecule has 0 saturated carbocycles. The minimum Gasteiger partial charge on any atom is -0.326 e. The highest BCUT2D eigenvalue weighted by atomic mass is 79.9. The Kier molecular flexibility index (Phi) is 4.86. The van der Waals surface area contributed by atoms with Gasteiger partial charge in [-0.15, -0.1) is 0 Å². The summed E-state index contributed by atoms with van der Waals surface area (Å²) in [5.74, 6) is 0.583. The van der Waals surface area contributed by atoms with E-state index in [2.05, 4.69) is 21.2 Å². The van der Waals surface area contributed by atoms with Crippen LogP contribution in [0.1, 0.15) is 24.8 Å². The van der Waals surface area contributed by atoms with Crippen LogP contribution >= 0.6 is 15.9 Å². The smallest absolute Gasteiger partial charge is 0.224 e. The van der Waals surface area contributed by atoms with Gasteiger partial charge in [0.15, 0.2) is 9.84 Å². The van der Waals surface area contributed by atoms with Crippen LogP contribution in [0.5, 0.6) is 0 Å². The summed E-state index contributed by atoms with van der Waals surface area (Å²) in [5, 5.41) is 2.87. The van der Waals surface area contributed by atoms with E-state index in [-0.39, 0.29) is 23.3 Å². The van der Waals surface area contributed by atoms with Gasteiger partial charge in [-0.1, -0.05) is 15.9 Å². The van der Waals surface area contributed by atoms with E-state index in [0.29, 0.717) is 19.3 Å². The van der Waals surface area contributed by atoms with Gasteiger partial charge >= 0.3 is 0 Å². The molecule has 1 aliphatic rings. The second-order valence-electron chi connectivity index (χ2n) is 5.32. The first kappa shape index (κ1) is 15.5. The Morgan fingerprint density at radius 1 is 1.45 bits per heavy atom. The molecule has 1 fully saturated rings. The molecule has 1 aromatic rings. The number of hydrogen-bond donors (Lipinski definition) is 1. The van der Waals surface area contributed by atoms with Gasteiger partial charge in [-0.05, 0) is 49.4 Å². The molecule has 1 atom stereocenters. The minimum atomic E-state index is -2.85. The minimum absolute atomic E-state index is 0.0558. The van der Waals surface area contributed by atoms with E-state index in [9.17, 15) is 13.2 Å². The lowest BCUT2D eigenvalue weighted by Crippen LogP contribution is -2.14. The highest BCUT2D eigenvalue weighted by molar-refractivity contribution is 9.10. The van der Waals surface area contributed by atoms with Gasteiger partial charge in [-0.25, -0.2) is 8.42 Å². The molecule has 6 heteroatoms. The van der Waals surface area contributed by atoms with Crippen molar-refractivity contribution in [1.82, 2.24) is 0 Å². The molecular weight excluding hydrogens is 342 g/mol. The van der Waals surface area contributed by atoms with Crippen LogP contribution in [0.15, 0.2) is 22.7 Å². The molecule has 0 aromatic heterocycles. The summed E-state index contributed by atoms with van der Waals surface area (Å²) in [4.78, 5) is 11.9.